The standard InChI is InChI=1S/C15H20N2O5/c1-15(2,3)17-13(19)9-22-14(20)10-4-6-11(7-5-10)21-8-12(16)18/h4-7H,8-9H2,1-3H3,(H2,16,18)(H,17,19). The van der Waals surface area contributed by atoms with Crippen molar-refractivity contribution in [2.45, 2.75) is 26.3 Å². The van der Waals surface area contributed by atoms with E-state index in [-0.39, 0.29) is 30.2 Å². The lowest BCUT2D eigenvalue weighted by atomic mass is 10.1. The van der Waals surface area contributed by atoms with Crippen LogP contribution in [0.4, 0.5) is 0 Å². The van der Waals surface area contributed by atoms with Crippen LogP contribution in [0.15, 0.2) is 24.3 Å². The summed E-state index contributed by atoms with van der Waals surface area (Å²) in [5.41, 5.74) is 4.84. The first-order valence-corrected chi connectivity index (χ1v) is 6.67. The topological polar surface area (TPSA) is 108 Å². The average molecular weight is 308 g/mol. The number of esters is 1. The molecule has 0 saturated heterocycles. The molecule has 7 heteroatoms. The normalized spacial score (nSPS) is 10.7. The van der Waals surface area contributed by atoms with Crippen molar-refractivity contribution in [2.75, 3.05) is 13.2 Å². The molecule has 0 atom stereocenters. The molecule has 0 aliphatic carbocycles. The Bertz CT molecular complexity index is 546. The quantitative estimate of drug-likeness (QED) is 0.749. The Morgan fingerprint density at radius 1 is 1.09 bits per heavy atom. The van der Waals surface area contributed by atoms with E-state index >= 15 is 0 Å². The molecule has 0 heterocycles. The molecule has 1 rings (SSSR count). The number of primary amides is 1. The van der Waals surface area contributed by atoms with Gasteiger partial charge in [0.1, 0.15) is 5.75 Å². The van der Waals surface area contributed by atoms with Gasteiger partial charge in [-0.3, -0.25) is 9.59 Å². The van der Waals surface area contributed by atoms with E-state index in [2.05, 4.69) is 5.32 Å². The third-order valence-corrected chi connectivity index (χ3v) is 2.32. The van der Waals surface area contributed by atoms with Gasteiger partial charge < -0.3 is 20.5 Å². The summed E-state index contributed by atoms with van der Waals surface area (Å²) in [5.74, 6) is -1.18. The van der Waals surface area contributed by atoms with E-state index < -0.39 is 11.9 Å². The molecule has 2 amide bonds. The maximum Gasteiger partial charge on any atom is 0.338 e. The zero-order valence-electron chi connectivity index (χ0n) is 12.8. The van der Waals surface area contributed by atoms with Gasteiger partial charge in [0.25, 0.3) is 11.8 Å². The molecule has 0 bridgehead atoms. The molecule has 1 aromatic rings. The van der Waals surface area contributed by atoms with Crippen LogP contribution >= 0.6 is 0 Å². The molecule has 1 aromatic carbocycles. The minimum Gasteiger partial charge on any atom is -0.484 e. The molecule has 22 heavy (non-hydrogen) atoms. The summed E-state index contributed by atoms with van der Waals surface area (Å²) < 4.78 is 9.97. The fourth-order valence-corrected chi connectivity index (χ4v) is 1.51. The van der Waals surface area contributed by atoms with Crippen molar-refractivity contribution in [1.29, 1.82) is 0 Å². The van der Waals surface area contributed by atoms with Gasteiger partial charge in [0.05, 0.1) is 5.56 Å². The first-order chi connectivity index (χ1) is 10.2. The first kappa shape index (κ1) is 17.5. The van der Waals surface area contributed by atoms with Crippen LogP contribution in [0.1, 0.15) is 31.1 Å². The summed E-state index contributed by atoms with van der Waals surface area (Å²) in [5, 5.41) is 2.68. The summed E-state index contributed by atoms with van der Waals surface area (Å²) in [4.78, 5) is 33.9. The number of nitrogens with one attached hydrogen (secondary N) is 1. The van der Waals surface area contributed by atoms with E-state index in [1.807, 2.05) is 20.8 Å². The van der Waals surface area contributed by atoms with Gasteiger partial charge in [-0.1, -0.05) is 0 Å². The number of hydrogen-bond acceptors (Lipinski definition) is 5. The van der Waals surface area contributed by atoms with E-state index in [1.54, 1.807) is 0 Å². The van der Waals surface area contributed by atoms with Gasteiger partial charge in [-0.2, -0.15) is 0 Å². The monoisotopic (exact) mass is 308 g/mol. The highest BCUT2D eigenvalue weighted by Gasteiger charge is 2.16. The predicted octanol–water partition coefficient (Wildman–Crippen LogP) is 0.622. The first-order valence-electron chi connectivity index (χ1n) is 6.67. The third kappa shape index (κ3) is 6.74. The van der Waals surface area contributed by atoms with Gasteiger partial charge in [0, 0.05) is 5.54 Å². The zero-order valence-corrected chi connectivity index (χ0v) is 12.8. The van der Waals surface area contributed by atoms with Crippen LogP contribution in [0.3, 0.4) is 0 Å². The lowest BCUT2D eigenvalue weighted by Gasteiger charge is -2.20. The Balaban J connectivity index is 2.49. The van der Waals surface area contributed by atoms with Crippen LogP contribution in [-0.2, 0) is 14.3 Å². The van der Waals surface area contributed by atoms with E-state index in [9.17, 15) is 14.4 Å². The fraction of sp³-hybridized carbons (Fsp3) is 0.400. The SMILES string of the molecule is CC(C)(C)NC(=O)COC(=O)c1ccc(OCC(N)=O)cc1. The molecule has 0 aliphatic rings. The Morgan fingerprint density at radius 2 is 1.68 bits per heavy atom. The molecule has 0 aliphatic heterocycles. The maximum atomic E-state index is 11.8. The van der Waals surface area contributed by atoms with Crippen molar-refractivity contribution in [3.63, 3.8) is 0 Å². The molecule has 0 aromatic heterocycles. The molecule has 3 N–H and O–H groups in total. The number of benzene rings is 1. The van der Waals surface area contributed by atoms with Gasteiger partial charge in [-0.05, 0) is 45.0 Å². The lowest BCUT2D eigenvalue weighted by molar-refractivity contribution is -0.125. The highest BCUT2D eigenvalue weighted by Crippen LogP contribution is 2.12. The highest BCUT2D eigenvalue weighted by atomic mass is 16.5. The van der Waals surface area contributed by atoms with Crippen molar-refractivity contribution >= 4 is 17.8 Å². The minimum absolute atomic E-state index is 0.239. The number of ether oxygens (including phenoxy) is 2. The Kier molecular flexibility index (Phi) is 5.91. The number of nitrogens with two attached hydrogens (primary N) is 1. The van der Waals surface area contributed by atoms with Crippen LogP contribution in [-0.4, -0.2) is 36.5 Å². The molecular formula is C15H20N2O5. The van der Waals surface area contributed by atoms with Gasteiger partial charge in [0.15, 0.2) is 13.2 Å². The van der Waals surface area contributed by atoms with Crippen LogP contribution in [0.25, 0.3) is 0 Å². The van der Waals surface area contributed by atoms with Crippen molar-refractivity contribution < 1.29 is 23.9 Å². The maximum absolute atomic E-state index is 11.8. The van der Waals surface area contributed by atoms with Gasteiger partial charge in [-0.15, -0.1) is 0 Å². The minimum atomic E-state index is -0.620. The molecule has 7 nitrogen and oxygen atoms in total. The number of carbonyl (C=O) groups is 3. The van der Waals surface area contributed by atoms with Crippen molar-refractivity contribution in [3.05, 3.63) is 29.8 Å². The second-order valence-electron chi connectivity index (χ2n) is 5.65. The van der Waals surface area contributed by atoms with E-state index in [4.69, 9.17) is 15.2 Å². The zero-order chi connectivity index (χ0) is 16.8. The lowest BCUT2D eigenvalue weighted by Crippen LogP contribution is -2.42. The second-order valence-corrected chi connectivity index (χ2v) is 5.65. The van der Waals surface area contributed by atoms with Crippen molar-refractivity contribution in [3.8, 4) is 5.75 Å². The van der Waals surface area contributed by atoms with Gasteiger partial charge in [-0.25, -0.2) is 4.79 Å². The average Bonchev–Trinajstić information content (AvgIpc) is 2.41. The molecule has 0 unspecified atom stereocenters. The summed E-state index contributed by atoms with van der Waals surface area (Å²) in [6, 6.07) is 5.96. The van der Waals surface area contributed by atoms with Gasteiger partial charge >= 0.3 is 5.97 Å². The largest absolute Gasteiger partial charge is 0.484 e. The number of carbonyl (C=O) groups excluding carboxylic acids is 3. The summed E-state index contributed by atoms with van der Waals surface area (Å²) in [6.45, 7) is 4.90. The van der Waals surface area contributed by atoms with Gasteiger partial charge in [0.2, 0.25) is 0 Å². The molecule has 0 fully saturated rings. The molecule has 0 spiro atoms. The molecule has 0 saturated carbocycles. The van der Waals surface area contributed by atoms with E-state index in [0.717, 1.165) is 0 Å². The summed E-state index contributed by atoms with van der Waals surface area (Å²) >= 11 is 0. The summed E-state index contributed by atoms with van der Waals surface area (Å²) in [6.07, 6.45) is 0. The molecule has 0 radical (unpaired) electrons. The Morgan fingerprint density at radius 3 is 2.18 bits per heavy atom. The second kappa shape index (κ2) is 7.44. The van der Waals surface area contributed by atoms with Crippen LogP contribution in [0.2, 0.25) is 0 Å². The highest BCUT2D eigenvalue weighted by molar-refractivity contribution is 5.91. The Hall–Kier alpha value is -2.57. The summed E-state index contributed by atoms with van der Waals surface area (Å²) in [7, 11) is 0. The third-order valence-electron chi connectivity index (χ3n) is 2.32. The fourth-order valence-electron chi connectivity index (χ4n) is 1.51. The van der Waals surface area contributed by atoms with Crippen LogP contribution in [0.5, 0.6) is 5.75 Å². The van der Waals surface area contributed by atoms with E-state index in [1.165, 1.54) is 24.3 Å². The molecular weight excluding hydrogens is 288 g/mol. The number of rotatable bonds is 6. The van der Waals surface area contributed by atoms with Crippen molar-refractivity contribution in [2.24, 2.45) is 5.73 Å². The van der Waals surface area contributed by atoms with Crippen LogP contribution in [0, 0.1) is 0 Å². The van der Waals surface area contributed by atoms with E-state index in [0.29, 0.717) is 5.75 Å². The predicted molar refractivity (Wildman–Crippen MR) is 79.3 cm³/mol. The molecule has 120 valence electrons. The van der Waals surface area contributed by atoms with Crippen molar-refractivity contribution in [1.82, 2.24) is 5.32 Å². The smallest absolute Gasteiger partial charge is 0.338 e. The van der Waals surface area contributed by atoms with Crippen LogP contribution < -0.4 is 15.8 Å². The number of amides is 2. The number of hydrogen-bond donors (Lipinski definition) is 2. The Labute approximate surface area is 128 Å².